The topological polar surface area (TPSA) is 55.9 Å². The number of hydrogen-bond donors (Lipinski definition) is 2. The first kappa shape index (κ1) is 13.8. The highest BCUT2D eigenvalue weighted by Crippen LogP contribution is 2.20. The number of aromatic nitrogens is 2. The molecule has 0 bridgehead atoms. The van der Waals surface area contributed by atoms with E-state index < -0.39 is 0 Å². The summed E-state index contributed by atoms with van der Waals surface area (Å²) in [5.41, 5.74) is 8.39. The van der Waals surface area contributed by atoms with Gasteiger partial charge in [-0.15, -0.1) is 0 Å². The second-order valence-corrected chi connectivity index (χ2v) is 5.09. The summed E-state index contributed by atoms with van der Waals surface area (Å²) in [5.74, 6) is 0. The van der Waals surface area contributed by atoms with Crippen LogP contribution in [-0.4, -0.2) is 21.3 Å². The normalized spacial score (nSPS) is 10.4. The number of nitrogens with zero attached hydrogens (tertiary/aromatic N) is 2. The maximum atomic E-state index is 5.94. The molecule has 100 valence electrons. The van der Waals surface area contributed by atoms with Gasteiger partial charge in [-0.2, -0.15) is 5.10 Å². The van der Waals surface area contributed by atoms with E-state index in [1.165, 1.54) is 0 Å². The number of nitrogens with one attached hydrogen (secondary N) is 1. The number of halogens is 1. The molecule has 0 radical (unpaired) electrons. The number of anilines is 1. The Kier molecular flexibility index (Phi) is 4.39. The van der Waals surface area contributed by atoms with E-state index in [2.05, 4.69) is 10.4 Å². The Balaban J connectivity index is 2.01. The van der Waals surface area contributed by atoms with Crippen LogP contribution in [0, 0.1) is 0 Å². The Morgan fingerprint density at radius 1 is 1.47 bits per heavy atom. The number of thiocarbonyl (C=S) groups is 1. The average Bonchev–Trinajstić information content (AvgIpc) is 2.77. The van der Waals surface area contributed by atoms with Crippen LogP contribution in [0.2, 0.25) is 5.02 Å². The predicted molar refractivity (Wildman–Crippen MR) is 82.7 cm³/mol. The van der Waals surface area contributed by atoms with Crippen LogP contribution < -0.4 is 11.1 Å². The minimum Gasteiger partial charge on any atom is -0.389 e. The van der Waals surface area contributed by atoms with E-state index >= 15 is 0 Å². The molecular weight excluding hydrogens is 280 g/mol. The Hall–Kier alpha value is -1.59. The highest BCUT2D eigenvalue weighted by atomic mass is 35.5. The third kappa shape index (κ3) is 3.68. The first-order valence-electron chi connectivity index (χ1n) is 5.88. The second-order valence-electron chi connectivity index (χ2n) is 4.21. The van der Waals surface area contributed by atoms with Crippen LogP contribution in [0.25, 0.3) is 0 Å². The number of hydrogen-bond acceptors (Lipinski definition) is 3. The smallest absolute Gasteiger partial charge is 0.106 e. The molecule has 0 spiro atoms. The van der Waals surface area contributed by atoms with Crippen LogP contribution >= 0.6 is 23.8 Å². The van der Waals surface area contributed by atoms with Gasteiger partial charge in [-0.1, -0.05) is 23.8 Å². The van der Waals surface area contributed by atoms with Crippen molar-refractivity contribution in [2.24, 2.45) is 12.8 Å². The zero-order valence-electron chi connectivity index (χ0n) is 10.6. The van der Waals surface area contributed by atoms with E-state index in [1.807, 2.05) is 31.4 Å². The fourth-order valence-electron chi connectivity index (χ4n) is 1.80. The lowest BCUT2D eigenvalue weighted by molar-refractivity contribution is 0.742. The Morgan fingerprint density at radius 3 is 2.89 bits per heavy atom. The van der Waals surface area contributed by atoms with Crippen molar-refractivity contribution in [3.63, 3.8) is 0 Å². The quantitative estimate of drug-likeness (QED) is 0.831. The molecule has 3 N–H and O–H groups in total. The van der Waals surface area contributed by atoms with Crippen molar-refractivity contribution in [2.45, 2.75) is 6.42 Å². The van der Waals surface area contributed by atoms with Crippen molar-refractivity contribution in [3.8, 4) is 0 Å². The lowest BCUT2D eigenvalue weighted by atomic mass is 10.1. The van der Waals surface area contributed by atoms with Gasteiger partial charge in [-0.05, 0) is 24.3 Å². The minimum absolute atomic E-state index is 0.336. The summed E-state index contributed by atoms with van der Waals surface area (Å²) >= 11 is 11.0. The summed E-state index contributed by atoms with van der Waals surface area (Å²) in [6.07, 6.45) is 2.76. The molecule has 0 atom stereocenters. The molecule has 0 aliphatic heterocycles. The predicted octanol–water partition coefficient (Wildman–Crippen LogP) is 2.36. The van der Waals surface area contributed by atoms with Crippen LogP contribution in [0.1, 0.15) is 11.3 Å². The molecule has 0 fully saturated rings. The second kappa shape index (κ2) is 6.04. The number of aryl methyl sites for hydroxylation is 1. The highest BCUT2D eigenvalue weighted by molar-refractivity contribution is 7.80. The first-order chi connectivity index (χ1) is 9.06. The SMILES string of the molecule is Cn1ccc(CCNc2ccc(Cl)cc2C(N)=S)n1. The fourth-order valence-corrected chi connectivity index (χ4v) is 2.14. The molecule has 0 amide bonds. The molecule has 0 saturated heterocycles. The minimum atomic E-state index is 0.336. The largest absolute Gasteiger partial charge is 0.389 e. The Labute approximate surface area is 122 Å². The van der Waals surface area contributed by atoms with E-state index in [9.17, 15) is 0 Å². The van der Waals surface area contributed by atoms with E-state index in [1.54, 1.807) is 10.7 Å². The molecular formula is C13H15ClN4S. The lowest BCUT2D eigenvalue weighted by Crippen LogP contribution is -2.14. The van der Waals surface area contributed by atoms with Gasteiger partial charge in [0.25, 0.3) is 0 Å². The summed E-state index contributed by atoms with van der Waals surface area (Å²) in [4.78, 5) is 0.336. The fraction of sp³-hybridized carbons (Fsp3) is 0.231. The van der Waals surface area contributed by atoms with E-state index in [0.717, 1.165) is 29.9 Å². The van der Waals surface area contributed by atoms with Gasteiger partial charge in [0.1, 0.15) is 4.99 Å². The van der Waals surface area contributed by atoms with Crippen LogP contribution in [0.15, 0.2) is 30.5 Å². The van der Waals surface area contributed by atoms with Gasteiger partial charge in [0.2, 0.25) is 0 Å². The lowest BCUT2D eigenvalue weighted by Gasteiger charge is -2.11. The third-order valence-electron chi connectivity index (χ3n) is 2.71. The Bertz CT molecular complexity index is 594. The standard InChI is InChI=1S/C13H15ClN4S/c1-18-7-5-10(17-18)4-6-16-12-3-2-9(14)8-11(12)13(15)19/h2-3,5,7-8,16H,4,6H2,1H3,(H2,15,19). The van der Waals surface area contributed by atoms with Crippen LogP contribution in [0.4, 0.5) is 5.69 Å². The van der Waals surface area contributed by atoms with Gasteiger partial charge < -0.3 is 11.1 Å². The molecule has 0 saturated carbocycles. The summed E-state index contributed by atoms with van der Waals surface area (Å²) in [5, 5.41) is 8.25. The van der Waals surface area contributed by atoms with Gasteiger partial charge in [0.15, 0.2) is 0 Å². The summed E-state index contributed by atoms with van der Waals surface area (Å²) in [7, 11) is 1.90. The highest BCUT2D eigenvalue weighted by Gasteiger charge is 2.06. The molecule has 2 rings (SSSR count). The molecule has 0 unspecified atom stereocenters. The average molecular weight is 295 g/mol. The summed E-state index contributed by atoms with van der Waals surface area (Å²) in [6, 6.07) is 7.46. The maximum absolute atomic E-state index is 5.94. The van der Waals surface area contributed by atoms with Crippen molar-refractivity contribution in [3.05, 3.63) is 46.7 Å². The monoisotopic (exact) mass is 294 g/mol. The Morgan fingerprint density at radius 2 is 2.26 bits per heavy atom. The first-order valence-corrected chi connectivity index (χ1v) is 6.66. The van der Waals surface area contributed by atoms with Crippen molar-refractivity contribution in [1.29, 1.82) is 0 Å². The van der Waals surface area contributed by atoms with Crippen molar-refractivity contribution in [1.82, 2.24) is 9.78 Å². The molecule has 6 heteroatoms. The molecule has 1 aromatic carbocycles. The van der Waals surface area contributed by atoms with Crippen LogP contribution in [-0.2, 0) is 13.5 Å². The van der Waals surface area contributed by atoms with E-state index in [0.29, 0.717) is 10.0 Å². The maximum Gasteiger partial charge on any atom is 0.106 e. The van der Waals surface area contributed by atoms with Crippen LogP contribution in [0.3, 0.4) is 0 Å². The molecule has 4 nitrogen and oxygen atoms in total. The summed E-state index contributed by atoms with van der Waals surface area (Å²) in [6.45, 7) is 0.758. The summed E-state index contributed by atoms with van der Waals surface area (Å²) < 4.78 is 1.79. The van der Waals surface area contributed by atoms with Gasteiger partial charge >= 0.3 is 0 Å². The van der Waals surface area contributed by atoms with Crippen LogP contribution in [0.5, 0.6) is 0 Å². The number of nitrogens with two attached hydrogens (primary N) is 1. The van der Waals surface area contributed by atoms with E-state index in [-0.39, 0.29) is 0 Å². The zero-order chi connectivity index (χ0) is 13.8. The number of rotatable bonds is 5. The van der Waals surface area contributed by atoms with Crippen molar-refractivity contribution in [2.75, 3.05) is 11.9 Å². The zero-order valence-corrected chi connectivity index (χ0v) is 12.1. The molecule has 2 aromatic rings. The molecule has 1 heterocycles. The third-order valence-corrected chi connectivity index (χ3v) is 3.17. The van der Waals surface area contributed by atoms with Crippen molar-refractivity contribution >= 4 is 34.5 Å². The number of benzene rings is 1. The van der Waals surface area contributed by atoms with Gasteiger partial charge in [0, 0.05) is 42.5 Å². The molecule has 0 aliphatic rings. The van der Waals surface area contributed by atoms with Gasteiger partial charge in [-0.3, -0.25) is 4.68 Å². The van der Waals surface area contributed by atoms with Crippen molar-refractivity contribution < 1.29 is 0 Å². The molecule has 19 heavy (non-hydrogen) atoms. The molecule has 0 aliphatic carbocycles. The van der Waals surface area contributed by atoms with Gasteiger partial charge in [0.05, 0.1) is 5.69 Å². The van der Waals surface area contributed by atoms with Gasteiger partial charge in [-0.25, -0.2) is 0 Å². The van der Waals surface area contributed by atoms with E-state index in [4.69, 9.17) is 29.6 Å². The molecule has 1 aromatic heterocycles.